The number of amidine groups is 1. The maximum Gasteiger partial charge on any atom is 0.416 e. The number of nitrogens with zero attached hydrogens (tertiary/aromatic N) is 5. The molecule has 0 saturated carbocycles. The minimum Gasteiger partial charge on any atom is -0.469 e. The fraction of sp³-hybridized carbons (Fsp3) is 0.357. The summed E-state index contributed by atoms with van der Waals surface area (Å²) in [6, 6.07) is 8.09. The number of likely N-dealkylation sites (N-methyl/N-ethyl adjacent to an activating group) is 1. The molecule has 1 saturated heterocycles. The van der Waals surface area contributed by atoms with Crippen molar-refractivity contribution < 1.29 is 22.7 Å². The van der Waals surface area contributed by atoms with E-state index in [1.54, 1.807) is 31.2 Å². The quantitative estimate of drug-likeness (QED) is 0.355. The Morgan fingerprint density at radius 1 is 1.12 bits per heavy atom. The van der Waals surface area contributed by atoms with E-state index in [1.165, 1.54) is 19.5 Å². The van der Waals surface area contributed by atoms with Gasteiger partial charge in [-0.25, -0.2) is 15.0 Å². The maximum atomic E-state index is 13.7. The van der Waals surface area contributed by atoms with E-state index in [-0.39, 0.29) is 11.6 Å². The maximum absolute atomic E-state index is 13.7. The zero-order valence-electron chi connectivity index (χ0n) is 23.3. The normalized spacial score (nSPS) is 18.4. The number of halogens is 3. The molecule has 2 aromatic carbocycles. The minimum atomic E-state index is -4.59. The monoisotopic (exact) mass is 570 g/mol. The summed E-state index contributed by atoms with van der Waals surface area (Å²) in [6.45, 7) is 6.22. The molecule has 2 heterocycles. The van der Waals surface area contributed by atoms with Crippen LogP contribution in [0.3, 0.4) is 0 Å². The van der Waals surface area contributed by atoms with Crippen LogP contribution in [0, 0.1) is 6.92 Å². The number of nitrogens with two attached hydrogens (primary N) is 1. The molecule has 0 aromatic heterocycles. The summed E-state index contributed by atoms with van der Waals surface area (Å²) in [5, 5.41) is 5.93. The van der Waals surface area contributed by atoms with Gasteiger partial charge < -0.3 is 30.9 Å². The van der Waals surface area contributed by atoms with E-state index in [2.05, 4.69) is 30.5 Å². The molecule has 1 atom stereocenters. The van der Waals surface area contributed by atoms with Crippen LogP contribution in [0.1, 0.15) is 28.4 Å². The van der Waals surface area contributed by atoms with Crippen LogP contribution in [0.4, 0.5) is 30.2 Å². The number of nitrogens with one attached hydrogen (secondary N) is 2. The average Bonchev–Trinajstić information content (AvgIpc) is 3.10. The van der Waals surface area contributed by atoms with Crippen molar-refractivity contribution in [1.82, 2.24) is 4.90 Å². The summed E-state index contributed by atoms with van der Waals surface area (Å²) in [5.74, 6) is -0.217. The van der Waals surface area contributed by atoms with Crippen molar-refractivity contribution >= 4 is 41.0 Å². The molecule has 0 aliphatic carbocycles. The Labute approximate surface area is 236 Å². The Hall–Kier alpha value is -4.39. The first-order valence-electron chi connectivity index (χ1n) is 12.9. The second kappa shape index (κ2) is 12.4. The molecule has 2 aromatic rings. The molecule has 1 unspecified atom stereocenters. The van der Waals surface area contributed by atoms with E-state index in [9.17, 15) is 18.0 Å². The van der Waals surface area contributed by atoms with Gasteiger partial charge in [-0.1, -0.05) is 6.07 Å². The van der Waals surface area contributed by atoms with Gasteiger partial charge in [-0.2, -0.15) is 13.2 Å². The molecule has 1 fully saturated rings. The number of methoxy groups -OCH3 is 1. The minimum absolute atomic E-state index is 0.00619. The lowest BCUT2D eigenvalue weighted by Crippen LogP contribution is -2.44. The number of carbonyl (C=O) groups is 1. The van der Waals surface area contributed by atoms with Gasteiger partial charge in [-0.05, 0) is 62.9 Å². The highest BCUT2D eigenvalue weighted by Crippen LogP contribution is 2.34. The van der Waals surface area contributed by atoms with Gasteiger partial charge in [0.1, 0.15) is 18.2 Å². The number of ether oxygens (including phenoxy) is 1. The van der Waals surface area contributed by atoms with Crippen molar-refractivity contribution in [1.29, 1.82) is 0 Å². The number of rotatable bonds is 6. The number of amides is 1. The van der Waals surface area contributed by atoms with Crippen LogP contribution < -0.4 is 21.3 Å². The Balaban J connectivity index is 1.57. The lowest BCUT2D eigenvalue weighted by atomic mass is 10.1. The fourth-order valence-corrected chi connectivity index (χ4v) is 4.29. The molecule has 2 aliphatic heterocycles. The van der Waals surface area contributed by atoms with E-state index in [1.807, 2.05) is 18.9 Å². The lowest BCUT2D eigenvalue weighted by molar-refractivity contribution is -0.137. The van der Waals surface area contributed by atoms with Gasteiger partial charge in [0.2, 0.25) is 0 Å². The number of benzene rings is 2. The molecule has 0 spiro atoms. The van der Waals surface area contributed by atoms with Crippen LogP contribution in [0.5, 0.6) is 0 Å². The first-order valence-corrected chi connectivity index (χ1v) is 12.9. The second-order valence-corrected chi connectivity index (χ2v) is 9.85. The SMILES string of the molecule is COC(N)=NC1C=C(Nc2cc(NC(=O)c3cc(N4CCN(C)CC4)cc(C(F)(F)F)c3)ccc2C)N=CN=C1C. The van der Waals surface area contributed by atoms with Crippen molar-refractivity contribution in [3.63, 3.8) is 0 Å². The van der Waals surface area contributed by atoms with Crippen molar-refractivity contribution in [2.24, 2.45) is 20.7 Å². The van der Waals surface area contributed by atoms with E-state index >= 15 is 0 Å². The molecule has 0 radical (unpaired) electrons. The molecule has 2 aliphatic rings. The van der Waals surface area contributed by atoms with Gasteiger partial charge in [-0.15, -0.1) is 0 Å². The molecule has 4 rings (SSSR count). The van der Waals surface area contributed by atoms with Gasteiger partial charge in [0.15, 0.2) is 0 Å². The van der Waals surface area contributed by atoms with Crippen LogP contribution in [-0.4, -0.2) is 75.3 Å². The van der Waals surface area contributed by atoms with Crippen LogP contribution in [0.25, 0.3) is 0 Å². The zero-order chi connectivity index (χ0) is 29.7. The van der Waals surface area contributed by atoms with Crippen molar-refractivity contribution in [2.75, 3.05) is 55.9 Å². The number of alkyl halides is 3. The van der Waals surface area contributed by atoms with E-state index in [0.717, 1.165) is 30.8 Å². The van der Waals surface area contributed by atoms with E-state index < -0.39 is 23.7 Å². The Kier molecular flexibility index (Phi) is 8.96. The number of hydrogen-bond acceptors (Lipinski definition) is 8. The summed E-state index contributed by atoms with van der Waals surface area (Å²) >= 11 is 0. The number of aliphatic imine (C=N–C) groups is 3. The topological polar surface area (TPSA) is 120 Å². The van der Waals surface area contributed by atoms with Crippen LogP contribution >= 0.6 is 0 Å². The van der Waals surface area contributed by atoms with Gasteiger partial charge in [0.05, 0.1) is 12.7 Å². The Morgan fingerprint density at radius 2 is 1.85 bits per heavy atom. The number of piperazine rings is 1. The molecular formula is C28H33F3N8O2. The third kappa shape index (κ3) is 7.63. The molecule has 0 bridgehead atoms. The molecule has 4 N–H and O–H groups in total. The van der Waals surface area contributed by atoms with Crippen molar-refractivity contribution in [3.05, 3.63) is 65.0 Å². The molecule has 41 heavy (non-hydrogen) atoms. The third-order valence-corrected chi connectivity index (χ3v) is 6.81. The Morgan fingerprint density at radius 3 is 2.54 bits per heavy atom. The highest BCUT2D eigenvalue weighted by molar-refractivity contribution is 6.05. The summed E-state index contributed by atoms with van der Waals surface area (Å²) in [4.78, 5) is 30.0. The average molecular weight is 571 g/mol. The fourth-order valence-electron chi connectivity index (χ4n) is 4.29. The molecule has 10 nitrogen and oxygen atoms in total. The van der Waals surface area contributed by atoms with Gasteiger partial charge in [-0.3, -0.25) is 4.79 Å². The van der Waals surface area contributed by atoms with E-state index in [0.29, 0.717) is 41.7 Å². The molecule has 1 amide bonds. The first-order chi connectivity index (χ1) is 19.4. The predicted octanol–water partition coefficient (Wildman–Crippen LogP) is 4.10. The zero-order valence-corrected chi connectivity index (χ0v) is 23.3. The number of aryl methyl sites for hydroxylation is 1. The Bertz CT molecular complexity index is 1410. The van der Waals surface area contributed by atoms with Crippen molar-refractivity contribution in [2.45, 2.75) is 26.1 Å². The highest BCUT2D eigenvalue weighted by atomic mass is 19.4. The van der Waals surface area contributed by atoms with Crippen LogP contribution in [0.15, 0.2) is 63.3 Å². The van der Waals surface area contributed by atoms with Crippen molar-refractivity contribution in [3.8, 4) is 0 Å². The third-order valence-electron chi connectivity index (χ3n) is 6.81. The predicted molar refractivity (Wildman–Crippen MR) is 156 cm³/mol. The number of anilines is 3. The second-order valence-electron chi connectivity index (χ2n) is 9.85. The van der Waals surface area contributed by atoms with E-state index in [4.69, 9.17) is 10.5 Å². The standard InChI is InChI=1S/C28H33F3N8O2/c1-17-5-6-21(14-23(17)36-25-15-24(37-27(32)41-4)18(2)33-16-34-25)35-26(40)19-11-20(28(29,30)31)13-22(12-19)39-9-7-38(3)8-10-39/h5-6,11-16,24,36H,7-10H2,1-4H3,(H2,32,37)(H,35,40). The highest BCUT2D eigenvalue weighted by Gasteiger charge is 2.32. The van der Waals surface area contributed by atoms with Gasteiger partial charge in [0.25, 0.3) is 11.9 Å². The van der Waals surface area contributed by atoms with Crippen LogP contribution in [0.2, 0.25) is 0 Å². The van der Waals surface area contributed by atoms with Gasteiger partial charge in [0, 0.05) is 54.5 Å². The largest absolute Gasteiger partial charge is 0.469 e. The molecule has 218 valence electrons. The van der Waals surface area contributed by atoms with Gasteiger partial charge >= 0.3 is 6.18 Å². The summed E-state index contributed by atoms with van der Waals surface area (Å²) in [5.41, 5.74) is 7.65. The number of carbonyl (C=O) groups excluding carboxylic acids is 1. The van der Waals surface area contributed by atoms with Crippen LogP contribution in [-0.2, 0) is 10.9 Å². The summed E-state index contributed by atoms with van der Waals surface area (Å²) in [7, 11) is 3.38. The first kappa shape index (κ1) is 29.6. The summed E-state index contributed by atoms with van der Waals surface area (Å²) in [6.07, 6.45) is -1.48. The molecule has 13 heteroatoms. The lowest BCUT2D eigenvalue weighted by Gasteiger charge is -2.34. The summed E-state index contributed by atoms with van der Waals surface area (Å²) < 4.78 is 46.2. The smallest absolute Gasteiger partial charge is 0.416 e. The number of hydrogen-bond donors (Lipinski definition) is 3. The molecular weight excluding hydrogens is 537 g/mol.